The minimum Gasteiger partial charge on any atom is -0.326 e. The monoisotopic (exact) mass is 293 g/mol. The fourth-order valence-electron chi connectivity index (χ4n) is 2.19. The molecular formula is C19H23N3. The summed E-state index contributed by atoms with van der Waals surface area (Å²) in [5.74, 6) is 0. The molecular weight excluding hydrogens is 270 g/mol. The standard InChI is InChI=1S/C19H23N3/c1-6-16(8-7-15(2)3)17-9-10-18(21-13-17)19(4,5)22-12-11-20-14-22/h6-14H,1H2,2-5H3/b16-8+. The summed E-state index contributed by atoms with van der Waals surface area (Å²) < 4.78 is 2.06. The second-order valence-corrected chi connectivity index (χ2v) is 6.03. The van der Waals surface area contributed by atoms with E-state index in [1.807, 2.05) is 24.8 Å². The summed E-state index contributed by atoms with van der Waals surface area (Å²) in [5.41, 5.74) is 4.16. The highest BCUT2D eigenvalue weighted by Gasteiger charge is 2.23. The lowest BCUT2D eigenvalue weighted by molar-refractivity contribution is 0.422. The number of pyridine rings is 1. The maximum atomic E-state index is 4.64. The minimum absolute atomic E-state index is 0.229. The van der Waals surface area contributed by atoms with E-state index in [1.165, 1.54) is 5.57 Å². The molecule has 3 heteroatoms. The highest BCUT2D eigenvalue weighted by atomic mass is 15.1. The average molecular weight is 293 g/mol. The van der Waals surface area contributed by atoms with Crippen LogP contribution in [0.1, 0.15) is 39.0 Å². The lowest BCUT2D eigenvalue weighted by Crippen LogP contribution is -2.27. The third kappa shape index (κ3) is 3.42. The third-order valence-electron chi connectivity index (χ3n) is 3.69. The van der Waals surface area contributed by atoms with Crippen LogP contribution in [0.25, 0.3) is 5.57 Å². The van der Waals surface area contributed by atoms with Crippen LogP contribution in [0.3, 0.4) is 0 Å². The summed E-state index contributed by atoms with van der Waals surface area (Å²) >= 11 is 0. The molecule has 0 saturated carbocycles. The van der Waals surface area contributed by atoms with Crippen molar-refractivity contribution in [2.45, 2.75) is 33.2 Å². The van der Waals surface area contributed by atoms with Crippen molar-refractivity contribution in [3.05, 3.63) is 78.7 Å². The van der Waals surface area contributed by atoms with Gasteiger partial charge in [-0.3, -0.25) is 4.98 Å². The van der Waals surface area contributed by atoms with E-state index in [4.69, 9.17) is 0 Å². The zero-order chi connectivity index (χ0) is 16.2. The molecule has 0 aliphatic carbocycles. The molecule has 0 bridgehead atoms. The van der Waals surface area contributed by atoms with Crippen molar-refractivity contribution in [3.8, 4) is 0 Å². The van der Waals surface area contributed by atoms with E-state index in [1.54, 1.807) is 6.20 Å². The molecule has 0 aliphatic rings. The normalized spacial score (nSPS) is 12.1. The molecule has 2 heterocycles. The molecule has 0 radical (unpaired) electrons. The molecule has 22 heavy (non-hydrogen) atoms. The van der Waals surface area contributed by atoms with Crippen LogP contribution in [-0.4, -0.2) is 14.5 Å². The number of hydrogen-bond donors (Lipinski definition) is 0. The zero-order valence-electron chi connectivity index (χ0n) is 13.7. The Balaban J connectivity index is 2.32. The molecule has 2 aromatic heterocycles. The van der Waals surface area contributed by atoms with Crippen molar-refractivity contribution in [2.24, 2.45) is 0 Å². The van der Waals surface area contributed by atoms with Gasteiger partial charge in [-0.25, -0.2) is 4.98 Å². The Kier molecular flexibility index (Phi) is 4.76. The maximum Gasteiger partial charge on any atom is 0.0954 e. The summed E-state index contributed by atoms with van der Waals surface area (Å²) in [6.07, 6.45) is 13.5. The van der Waals surface area contributed by atoms with Crippen LogP contribution in [0, 0.1) is 0 Å². The lowest BCUT2D eigenvalue weighted by atomic mass is 9.98. The van der Waals surface area contributed by atoms with Gasteiger partial charge in [0.1, 0.15) is 0 Å². The van der Waals surface area contributed by atoms with E-state index < -0.39 is 0 Å². The van der Waals surface area contributed by atoms with Gasteiger partial charge in [0.2, 0.25) is 0 Å². The predicted octanol–water partition coefficient (Wildman–Crippen LogP) is 4.60. The van der Waals surface area contributed by atoms with Crippen molar-refractivity contribution < 1.29 is 0 Å². The fourth-order valence-corrected chi connectivity index (χ4v) is 2.19. The van der Waals surface area contributed by atoms with E-state index in [0.29, 0.717) is 0 Å². The van der Waals surface area contributed by atoms with Gasteiger partial charge < -0.3 is 4.57 Å². The number of aromatic nitrogens is 3. The van der Waals surface area contributed by atoms with Gasteiger partial charge in [0.05, 0.1) is 17.6 Å². The van der Waals surface area contributed by atoms with Crippen LogP contribution in [0.2, 0.25) is 0 Å². The molecule has 0 aliphatic heterocycles. The van der Waals surface area contributed by atoms with Crippen molar-refractivity contribution in [1.29, 1.82) is 0 Å². The summed E-state index contributed by atoms with van der Waals surface area (Å²) in [7, 11) is 0. The molecule has 0 atom stereocenters. The minimum atomic E-state index is -0.229. The van der Waals surface area contributed by atoms with Crippen molar-refractivity contribution in [1.82, 2.24) is 14.5 Å². The molecule has 114 valence electrons. The number of rotatable bonds is 5. The van der Waals surface area contributed by atoms with E-state index >= 15 is 0 Å². The first-order valence-corrected chi connectivity index (χ1v) is 7.38. The molecule has 0 N–H and O–H groups in total. The Labute approximate surface area is 132 Å². The first-order chi connectivity index (χ1) is 10.4. The van der Waals surface area contributed by atoms with E-state index in [9.17, 15) is 0 Å². The van der Waals surface area contributed by atoms with Crippen molar-refractivity contribution >= 4 is 5.57 Å². The van der Waals surface area contributed by atoms with Gasteiger partial charge in [-0.15, -0.1) is 0 Å². The van der Waals surface area contributed by atoms with E-state index in [-0.39, 0.29) is 5.54 Å². The number of allylic oxidation sites excluding steroid dienone is 5. The molecule has 0 aromatic carbocycles. The molecule has 0 saturated heterocycles. The summed E-state index contributed by atoms with van der Waals surface area (Å²) in [5, 5.41) is 0. The molecule has 0 unspecified atom stereocenters. The highest BCUT2D eigenvalue weighted by Crippen LogP contribution is 2.25. The van der Waals surface area contributed by atoms with Gasteiger partial charge in [-0.1, -0.05) is 36.4 Å². The largest absolute Gasteiger partial charge is 0.326 e. The molecule has 2 aromatic rings. The fraction of sp³-hybridized carbons (Fsp3) is 0.263. The predicted molar refractivity (Wildman–Crippen MR) is 92.5 cm³/mol. The van der Waals surface area contributed by atoms with Crippen molar-refractivity contribution in [2.75, 3.05) is 0 Å². The van der Waals surface area contributed by atoms with Crippen LogP contribution in [-0.2, 0) is 5.54 Å². The van der Waals surface area contributed by atoms with Crippen LogP contribution in [0.5, 0.6) is 0 Å². The Hall–Kier alpha value is -2.42. The van der Waals surface area contributed by atoms with Gasteiger partial charge >= 0.3 is 0 Å². The highest BCUT2D eigenvalue weighted by molar-refractivity contribution is 5.74. The average Bonchev–Trinajstić information content (AvgIpc) is 3.03. The quantitative estimate of drug-likeness (QED) is 0.754. The Morgan fingerprint density at radius 2 is 2.00 bits per heavy atom. The zero-order valence-corrected chi connectivity index (χ0v) is 13.7. The van der Waals surface area contributed by atoms with Gasteiger partial charge in [-0.05, 0) is 44.9 Å². The molecule has 0 spiro atoms. The van der Waals surface area contributed by atoms with Gasteiger partial charge in [0, 0.05) is 18.6 Å². The summed E-state index contributed by atoms with van der Waals surface area (Å²) in [6, 6.07) is 4.16. The number of imidazole rings is 1. The molecule has 3 nitrogen and oxygen atoms in total. The molecule has 0 fully saturated rings. The molecule has 0 amide bonds. The Bertz CT molecular complexity index is 683. The van der Waals surface area contributed by atoms with E-state index in [0.717, 1.165) is 16.8 Å². The topological polar surface area (TPSA) is 30.7 Å². The SMILES string of the molecule is C=C/C(=C\C=C(C)C)c1ccc(C(C)(C)n2ccnc2)nc1. The summed E-state index contributed by atoms with van der Waals surface area (Å²) in [4.78, 5) is 8.76. The second-order valence-electron chi connectivity index (χ2n) is 6.03. The number of hydrogen-bond acceptors (Lipinski definition) is 2. The lowest BCUT2D eigenvalue weighted by Gasteiger charge is -2.26. The first-order valence-electron chi connectivity index (χ1n) is 7.38. The molecule has 2 rings (SSSR count). The first kappa shape index (κ1) is 16.0. The van der Waals surface area contributed by atoms with Crippen molar-refractivity contribution in [3.63, 3.8) is 0 Å². The Morgan fingerprint density at radius 3 is 2.50 bits per heavy atom. The van der Waals surface area contributed by atoms with Crippen LogP contribution >= 0.6 is 0 Å². The van der Waals surface area contributed by atoms with Crippen LogP contribution in [0.4, 0.5) is 0 Å². The smallest absolute Gasteiger partial charge is 0.0954 e. The summed E-state index contributed by atoms with van der Waals surface area (Å²) in [6.45, 7) is 12.3. The maximum absolute atomic E-state index is 4.64. The van der Waals surface area contributed by atoms with Gasteiger partial charge in [-0.2, -0.15) is 0 Å². The Morgan fingerprint density at radius 1 is 1.23 bits per heavy atom. The second kappa shape index (κ2) is 6.56. The third-order valence-corrected chi connectivity index (χ3v) is 3.69. The van der Waals surface area contributed by atoms with Gasteiger partial charge in [0.15, 0.2) is 0 Å². The van der Waals surface area contributed by atoms with Gasteiger partial charge in [0.25, 0.3) is 0 Å². The van der Waals surface area contributed by atoms with Crippen LogP contribution in [0.15, 0.2) is 67.4 Å². The van der Waals surface area contributed by atoms with E-state index in [2.05, 4.69) is 73.1 Å². The van der Waals surface area contributed by atoms with Crippen LogP contribution < -0.4 is 0 Å². The number of nitrogens with zero attached hydrogens (tertiary/aromatic N) is 3.